The fourth-order valence-electron chi connectivity index (χ4n) is 2.31. The Morgan fingerprint density at radius 2 is 2.09 bits per heavy atom. The third-order valence-electron chi connectivity index (χ3n) is 3.29. The van der Waals surface area contributed by atoms with E-state index in [1.807, 2.05) is 31.3 Å². The van der Waals surface area contributed by atoms with Crippen LogP contribution in [0.25, 0.3) is 10.8 Å². The minimum atomic E-state index is 0. The van der Waals surface area contributed by atoms with Crippen molar-refractivity contribution in [1.82, 2.24) is 15.6 Å². The number of methoxy groups -OCH3 is 1. The number of ether oxygens (including phenoxy) is 1. The molecule has 0 saturated carbocycles. The Bertz CT molecular complexity index is 628. The van der Waals surface area contributed by atoms with Crippen LogP contribution in [0.5, 0.6) is 0 Å². The summed E-state index contributed by atoms with van der Waals surface area (Å²) in [4.78, 5) is 9.10. The van der Waals surface area contributed by atoms with Gasteiger partial charge in [-0.3, -0.25) is 4.98 Å². The normalized spacial score (nSPS) is 12.6. The second-order valence-corrected chi connectivity index (χ2v) is 5.17. The lowest BCUT2D eigenvalue weighted by molar-refractivity contribution is 0.179. The Morgan fingerprint density at radius 1 is 1.30 bits per heavy atom. The van der Waals surface area contributed by atoms with Crippen LogP contribution in [0.4, 0.5) is 0 Å². The van der Waals surface area contributed by atoms with Gasteiger partial charge in [0, 0.05) is 31.3 Å². The molecule has 1 atom stereocenters. The van der Waals surface area contributed by atoms with E-state index in [-0.39, 0.29) is 30.0 Å². The van der Waals surface area contributed by atoms with Crippen LogP contribution in [0.1, 0.15) is 19.5 Å². The lowest BCUT2D eigenvalue weighted by Crippen LogP contribution is -2.43. The molecule has 0 aliphatic rings. The largest absolute Gasteiger partial charge is 0.383 e. The van der Waals surface area contributed by atoms with Crippen LogP contribution in [-0.4, -0.2) is 37.2 Å². The smallest absolute Gasteiger partial charge is 0.191 e. The molecule has 2 aromatic rings. The van der Waals surface area contributed by atoms with Crippen molar-refractivity contribution in [3.05, 3.63) is 42.2 Å². The molecule has 1 heterocycles. The molecule has 0 spiro atoms. The standard InChI is InChI=1S/C17H24N4O.HI/c1-4-18-17(21-13(2)12-22-3)20-11-16-15-8-6-5-7-14(15)9-10-19-16;/h5-10,13H,4,11-12H2,1-3H3,(H2,18,20,21);1H. The topological polar surface area (TPSA) is 58.5 Å². The first-order valence-electron chi connectivity index (χ1n) is 7.61. The van der Waals surface area contributed by atoms with E-state index in [9.17, 15) is 0 Å². The molecule has 2 rings (SSSR count). The second kappa shape index (κ2) is 10.4. The van der Waals surface area contributed by atoms with Gasteiger partial charge in [0.15, 0.2) is 5.96 Å². The summed E-state index contributed by atoms with van der Waals surface area (Å²) in [5.41, 5.74) is 0.981. The number of fused-ring (bicyclic) bond motifs is 1. The van der Waals surface area contributed by atoms with E-state index in [0.29, 0.717) is 13.2 Å². The van der Waals surface area contributed by atoms with Crippen molar-refractivity contribution in [1.29, 1.82) is 0 Å². The number of rotatable bonds is 6. The van der Waals surface area contributed by atoms with Gasteiger partial charge in [-0.05, 0) is 25.3 Å². The molecule has 6 heteroatoms. The zero-order chi connectivity index (χ0) is 15.8. The summed E-state index contributed by atoms with van der Waals surface area (Å²) in [6, 6.07) is 10.5. The van der Waals surface area contributed by atoms with E-state index < -0.39 is 0 Å². The fourth-order valence-corrected chi connectivity index (χ4v) is 2.31. The first-order chi connectivity index (χ1) is 10.7. The van der Waals surface area contributed by atoms with E-state index in [0.717, 1.165) is 23.6 Å². The van der Waals surface area contributed by atoms with E-state index in [1.165, 1.54) is 5.39 Å². The van der Waals surface area contributed by atoms with Crippen molar-refractivity contribution in [3.63, 3.8) is 0 Å². The lowest BCUT2D eigenvalue weighted by atomic mass is 10.1. The molecule has 0 bridgehead atoms. The molecule has 5 nitrogen and oxygen atoms in total. The number of nitrogens with one attached hydrogen (secondary N) is 2. The molecule has 0 amide bonds. The van der Waals surface area contributed by atoms with Gasteiger partial charge in [-0.25, -0.2) is 4.99 Å². The fraction of sp³-hybridized carbons (Fsp3) is 0.412. The molecule has 2 N–H and O–H groups in total. The SMILES string of the molecule is CCNC(=NCc1nccc2ccccc12)NC(C)COC.I. The van der Waals surface area contributed by atoms with Gasteiger partial charge in [0.1, 0.15) is 0 Å². The highest BCUT2D eigenvalue weighted by Gasteiger charge is 2.06. The van der Waals surface area contributed by atoms with E-state index >= 15 is 0 Å². The van der Waals surface area contributed by atoms with Gasteiger partial charge in [0.2, 0.25) is 0 Å². The summed E-state index contributed by atoms with van der Waals surface area (Å²) in [6.07, 6.45) is 1.83. The Balaban J connectivity index is 0.00000264. The molecular formula is C17H25IN4O. The number of aromatic nitrogens is 1. The Morgan fingerprint density at radius 3 is 2.83 bits per heavy atom. The highest BCUT2D eigenvalue weighted by molar-refractivity contribution is 14.0. The van der Waals surface area contributed by atoms with E-state index in [2.05, 4.69) is 39.7 Å². The van der Waals surface area contributed by atoms with Gasteiger partial charge in [0.25, 0.3) is 0 Å². The molecule has 1 unspecified atom stereocenters. The van der Waals surface area contributed by atoms with Crippen molar-refractivity contribution >= 4 is 40.7 Å². The maximum absolute atomic E-state index is 5.15. The van der Waals surface area contributed by atoms with Crippen molar-refractivity contribution in [2.24, 2.45) is 4.99 Å². The summed E-state index contributed by atoms with van der Waals surface area (Å²) < 4.78 is 5.15. The number of aliphatic imine (C=N–C) groups is 1. The van der Waals surface area contributed by atoms with Crippen LogP contribution >= 0.6 is 24.0 Å². The van der Waals surface area contributed by atoms with Gasteiger partial charge in [-0.15, -0.1) is 24.0 Å². The Hall–Kier alpha value is -1.41. The molecule has 0 aliphatic carbocycles. The minimum absolute atomic E-state index is 0. The predicted molar refractivity (Wildman–Crippen MR) is 106 cm³/mol. The first kappa shape index (κ1) is 19.6. The Labute approximate surface area is 155 Å². The number of pyridine rings is 1. The molecule has 0 saturated heterocycles. The maximum atomic E-state index is 5.15. The van der Waals surface area contributed by atoms with Crippen LogP contribution in [0.2, 0.25) is 0 Å². The molecule has 1 aromatic heterocycles. The van der Waals surface area contributed by atoms with Crippen LogP contribution in [0.3, 0.4) is 0 Å². The van der Waals surface area contributed by atoms with Crippen LogP contribution in [-0.2, 0) is 11.3 Å². The zero-order valence-electron chi connectivity index (χ0n) is 13.9. The Kier molecular flexibility index (Phi) is 8.86. The number of nitrogens with zero attached hydrogens (tertiary/aromatic N) is 2. The van der Waals surface area contributed by atoms with Gasteiger partial charge in [-0.2, -0.15) is 0 Å². The molecule has 1 aromatic carbocycles. The van der Waals surface area contributed by atoms with Crippen LogP contribution in [0, 0.1) is 0 Å². The molecule has 0 aliphatic heterocycles. The second-order valence-electron chi connectivity index (χ2n) is 5.17. The van der Waals surface area contributed by atoms with E-state index in [1.54, 1.807) is 7.11 Å². The summed E-state index contributed by atoms with van der Waals surface area (Å²) in [7, 11) is 1.70. The monoisotopic (exact) mass is 428 g/mol. The minimum Gasteiger partial charge on any atom is -0.383 e. The average Bonchev–Trinajstić information content (AvgIpc) is 2.53. The third kappa shape index (κ3) is 5.95. The van der Waals surface area contributed by atoms with Crippen molar-refractivity contribution in [2.75, 3.05) is 20.3 Å². The maximum Gasteiger partial charge on any atom is 0.191 e. The highest BCUT2D eigenvalue weighted by Crippen LogP contribution is 2.16. The number of benzene rings is 1. The molecule has 23 heavy (non-hydrogen) atoms. The molecule has 126 valence electrons. The van der Waals surface area contributed by atoms with E-state index in [4.69, 9.17) is 4.74 Å². The van der Waals surface area contributed by atoms with Gasteiger partial charge >= 0.3 is 0 Å². The highest BCUT2D eigenvalue weighted by atomic mass is 127. The lowest BCUT2D eigenvalue weighted by Gasteiger charge is -2.17. The van der Waals surface area contributed by atoms with Crippen molar-refractivity contribution < 1.29 is 4.74 Å². The summed E-state index contributed by atoms with van der Waals surface area (Å²) in [5, 5.41) is 8.91. The van der Waals surface area contributed by atoms with Crippen molar-refractivity contribution in [3.8, 4) is 0 Å². The van der Waals surface area contributed by atoms with Crippen LogP contribution in [0.15, 0.2) is 41.5 Å². The molecule has 0 radical (unpaired) electrons. The predicted octanol–water partition coefficient (Wildman–Crippen LogP) is 2.94. The van der Waals surface area contributed by atoms with Crippen molar-refractivity contribution in [2.45, 2.75) is 26.4 Å². The molecule has 0 fully saturated rings. The quantitative estimate of drug-likeness (QED) is 0.422. The average molecular weight is 428 g/mol. The number of halogens is 1. The van der Waals surface area contributed by atoms with Crippen LogP contribution < -0.4 is 10.6 Å². The molecular weight excluding hydrogens is 403 g/mol. The number of hydrogen-bond donors (Lipinski definition) is 2. The first-order valence-corrected chi connectivity index (χ1v) is 7.61. The number of guanidine groups is 1. The van der Waals surface area contributed by atoms with Gasteiger partial charge in [-0.1, -0.05) is 24.3 Å². The summed E-state index contributed by atoms with van der Waals surface area (Å²) in [5.74, 6) is 0.779. The third-order valence-corrected chi connectivity index (χ3v) is 3.29. The van der Waals surface area contributed by atoms with Gasteiger partial charge < -0.3 is 15.4 Å². The number of hydrogen-bond acceptors (Lipinski definition) is 3. The summed E-state index contributed by atoms with van der Waals surface area (Å²) >= 11 is 0. The zero-order valence-corrected chi connectivity index (χ0v) is 16.2. The van der Waals surface area contributed by atoms with Gasteiger partial charge in [0.05, 0.1) is 18.8 Å². The summed E-state index contributed by atoms with van der Waals surface area (Å²) in [6.45, 7) is 6.10.